The number of allylic oxidation sites excluding steroid dienone is 4. The third-order valence-corrected chi connectivity index (χ3v) is 8.68. The smallest absolute Gasteiger partial charge is 0.268 e. The number of rotatable bonds is 18. The number of unbranched alkanes of at least 4 members (excludes halogenated alkanes) is 10. The average molecular weight is 566 g/mol. The summed E-state index contributed by atoms with van der Waals surface area (Å²) in [4.78, 5) is 9.76. The first-order valence-corrected chi connectivity index (χ1v) is 16.4. The predicted molar refractivity (Wildman–Crippen MR) is 175 cm³/mol. The van der Waals surface area contributed by atoms with Gasteiger partial charge in [0.05, 0.1) is 25.3 Å². The van der Waals surface area contributed by atoms with Crippen molar-refractivity contribution in [3.05, 3.63) is 68.6 Å². The molecule has 0 spiro atoms. The second kappa shape index (κ2) is 19.6. The van der Waals surface area contributed by atoms with Gasteiger partial charge >= 0.3 is 0 Å². The molecule has 0 radical (unpaired) electrons. The molecule has 224 valence electrons. The maximum absolute atomic E-state index is 10.1. The lowest BCUT2D eigenvalue weighted by Gasteiger charge is -2.29. The van der Waals surface area contributed by atoms with Gasteiger partial charge in [-0.15, -0.1) is 0 Å². The quantitative estimate of drug-likeness (QED) is 0.0769. The van der Waals surface area contributed by atoms with Gasteiger partial charge in [0.25, 0.3) is 11.4 Å². The van der Waals surface area contributed by atoms with E-state index in [1.54, 1.807) is 0 Å². The average Bonchev–Trinajstić information content (AvgIpc) is 3.53. The monoisotopic (exact) mass is 565 g/mol. The zero-order chi connectivity index (χ0) is 30.7. The van der Waals surface area contributed by atoms with Crippen LogP contribution in [0, 0.1) is 55.6 Å². The van der Waals surface area contributed by atoms with E-state index in [1.807, 2.05) is 6.92 Å². The first-order chi connectivity index (χ1) is 20.5. The molecular formula is C37H51N5. The molecule has 0 aliphatic heterocycles. The zero-order valence-corrected chi connectivity index (χ0v) is 26.7. The van der Waals surface area contributed by atoms with Crippen molar-refractivity contribution in [2.24, 2.45) is 5.92 Å². The van der Waals surface area contributed by atoms with Gasteiger partial charge in [-0.1, -0.05) is 97.0 Å². The molecule has 1 aliphatic carbocycles. The van der Waals surface area contributed by atoms with Crippen molar-refractivity contribution < 1.29 is 0 Å². The van der Waals surface area contributed by atoms with Crippen molar-refractivity contribution in [1.82, 2.24) is 0 Å². The van der Waals surface area contributed by atoms with Crippen molar-refractivity contribution in [2.75, 3.05) is 18.0 Å². The Morgan fingerprint density at radius 1 is 0.762 bits per heavy atom. The Balaban J connectivity index is 2.58. The minimum Gasteiger partial charge on any atom is -0.371 e. The summed E-state index contributed by atoms with van der Waals surface area (Å²) in [6.07, 6.45) is 18.7. The standard InChI is InChI=1S/C37H51N5/c1-7-9-11-13-15-19-23-42(24-20-16-14-12-10-8-2)35-26-32(29(3)25-30(35)4)37(34(28-39)41-6)36(33(27-38)40-5)31-21-17-18-22-31/h25-26,31H,7-24H2,1-4H3/b36-33+,37-34-. The molecule has 0 unspecified atom stereocenters. The highest BCUT2D eigenvalue weighted by Crippen LogP contribution is 2.44. The zero-order valence-electron chi connectivity index (χ0n) is 26.7. The molecule has 0 aromatic heterocycles. The highest BCUT2D eigenvalue weighted by molar-refractivity contribution is 5.89. The molecule has 1 aliphatic rings. The van der Waals surface area contributed by atoms with Gasteiger partial charge in [-0.25, -0.2) is 20.2 Å². The Morgan fingerprint density at radius 3 is 1.74 bits per heavy atom. The highest BCUT2D eigenvalue weighted by atomic mass is 15.1. The van der Waals surface area contributed by atoms with Crippen LogP contribution in [0.1, 0.15) is 133 Å². The van der Waals surface area contributed by atoms with Gasteiger partial charge in [0.1, 0.15) is 0 Å². The summed E-state index contributed by atoms with van der Waals surface area (Å²) >= 11 is 0. The van der Waals surface area contributed by atoms with Crippen molar-refractivity contribution in [3.8, 4) is 12.1 Å². The van der Waals surface area contributed by atoms with Crippen molar-refractivity contribution >= 4 is 11.3 Å². The van der Waals surface area contributed by atoms with Crippen LogP contribution in [0.2, 0.25) is 0 Å². The van der Waals surface area contributed by atoms with Crippen LogP contribution in [-0.4, -0.2) is 13.1 Å². The Bertz CT molecular complexity index is 1190. The SMILES string of the molecule is [C-]#[N+]/C(C#N)=C(\C(=C(/C#N)[N+]#[C-])C1CCCC1)c1cc(N(CCCCCCCC)CCCCCCCC)c(C)cc1C. The second-order valence-corrected chi connectivity index (χ2v) is 11.9. The molecule has 0 heterocycles. The van der Waals surface area contributed by atoms with Gasteiger partial charge in [-0.3, -0.25) is 0 Å². The van der Waals surface area contributed by atoms with Gasteiger partial charge < -0.3 is 4.90 Å². The predicted octanol–water partition coefficient (Wildman–Crippen LogP) is 10.9. The van der Waals surface area contributed by atoms with E-state index in [2.05, 4.69) is 59.6 Å². The number of anilines is 1. The minimum atomic E-state index is -0.0235. The normalized spacial score (nSPS) is 14.3. The summed E-state index contributed by atoms with van der Waals surface area (Å²) in [6.45, 7) is 26.3. The van der Waals surface area contributed by atoms with E-state index in [9.17, 15) is 10.5 Å². The third kappa shape index (κ3) is 10.1. The molecular weight excluding hydrogens is 514 g/mol. The fourth-order valence-corrected chi connectivity index (χ4v) is 6.38. The maximum Gasteiger partial charge on any atom is 0.268 e. The Morgan fingerprint density at radius 2 is 1.26 bits per heavy atom. The molecule has 0 bridgehead atoms. The maximum atomic E-state index is 10.1. The molecule has 42 heavy (non-hydrogen) atoms. The van der Waals surface area contributed by atoms with Gasteiger partial charge in [-0.2, -0.15) is 0 Å². The Labute approximate surface area is 256 Å². The molecule has 2 rings (SSSR count). The van der Waals surface area contributed by atoms with Crippen LogP contribution < -0.4 is 4.90 Å². The number of benzene rings is 1. The summed E-state index contributed by atoms with van der Waals surface area (Å²) in [6, 6.07) is 8.57. The largest absolute Gasteiger partial charge is 0.371 e. The van der Waals surface area contributed by atoms with E-state index in [0.717, 1.165) is 68.4 Å². The number of aryl methyl sites for hydroxylation is 2. The van der Waals surface area contributed by atoms with E-state index in [1.165, 1.54) is 69.8 Å². The molecule has 0 N–H and O–H groups in total. The fraction of sp³-hybridized carbons (Fsp3) is 0.622. The summed E-state index contributed by atoms with van der Waals surface area (Å²) in [5.74, 6) is 0.0142. The van der Waals surface area contributed by atoms with Crippen LogP contribution in [0.4, 0.5) is 5.69 Å². The van der Waals surface area contributed by atoms with Crippen LogP contribution in [0.3, 0.4) is 0 Å². The molecule has 0 atom stereocenters. The third-order valence-electron chi connectivity index (χ3n) is 8.68. The Kier molecular flexibility index (Phi) is 16.1. The molecule has 5 nitrogen and oxygen atoms in total. The molecule has 5 heteroatoms. The van der Waals surface area contributed by atoms with Gasteiger partial charge in [-0.05, 0) is 79.4 Å². The summed E-state index contributed by atoms with van der Waals surface area (Å²) in [5, 5.41) is 20.1. The lowest BCUT2D eigenvalue weighted by Crippen LogP contribution is -2.27. The van der Waals surface area contributed by atoms with E-state index in [4.69, 9.17) is 13.1 Å². The number of hydrogen-bond acceptors (Lipinski definition) is 3. The topological polar surface area (TPSA) is 59.5 Å². The summed E-state index contributed by atoms with van der Waals surface area (Å²) in [7, 11) is 0. The first-order valence-electron chi connectivity index (χ1n) is 16.4. The second-order valence-electron chi connectivity index (χ2n) is 11.9. The lowest BCUT2D eigenvalue weighted by atomic mass is 9.82. The lowest BCUT2D eigenvalue weighted by molar-refractivity contribution is 0.574. The molecule has 0 saturated heterocycles. The van der Waals surface area contributed by atoms with Crippen LogP contribution in [0.15, 0.2) is 29.1 Å². The van der Waals surface area contributed by atoms with Gasteiger partial charge in [0, 0.05) is 18.8 Å². The molecule has 1 aromatic rings. The van der Waals surface area contributed by atoms with Gasteiger partial charge in [0.2, 0.25) is 0 Å². The van der Waals surface area contributed by atoms with Crippen LogP contribution in [0.25, 0.3) is 15.3 Å². The molecule has 1 fully saturated rings. The van der Waals surface area contributed by atoms with Crippen molar-refractivity contribution in [2.45, 2.75) is 130 Å². The molecule has 1 saturated carbocycles. The molecule has 1 aromatic carbocycles. The van der Waals surface area contributed by atoms with E-state index < -0.39 is 0 Å². The van der Waals surface area contributed by atoms with Crippen molar-refractivity contribution in [1.29, 1.82) is 10.5 Å². The van der Waals surface area contributed by atoms with E-state index in [0.29, 0.717) is 11.1 Å². The number of nitriles is 2. The van der Waals surface area contributed by atoms with Crippen LogP contribution in [0.5, 0.6) is 0 Å². The number of nitrogens with zero attached hydrogens (tertiary/aromatic N) is 5. The summed E-state index contributed by atoms with van der Waals surface area (Å²) in [5.41, 5.74) is 5.22. The number of hydrogen-bond donors (Lipinski definition) is 0. The fourth-order valence-electron chi connectivity index (χ4n) is 6.38. The molecule has 0 amide bonds. The Hall–Kier alpha value is -3.54. The van der Waals surface area contributed by atoms with E-state index >= 15 is 0 Å². The summed E-state index contributed by atoms with van der Waals surface area (Å²) < 4.78 is 0. The van der Waals surface area contributed by atoms with E-state index in [-0.39, 0.29) is 17.3 Å². The highest BCUT2D eigenvalue weighted by Gasteiger charge is 2.29. The van der Waals surface area contributed by atoms with Crippen LogP contribution in [-0.2, 0) is 0 Å². The van der Waals surface area contributed by atoms with Crippen LogP contribution >= 0.6 is 0 Å². The minimum absolute atomic E-state index is 0.0142. The van der Waals surface area contributed by atoms with Gasteiger partial charge in [0.15, 0.2) is 0 Å². The first kappa shape index (κ1) is 34.7. The van der Waals surface area contributed by atoms with Crippen molar-refractivity contribution in [3.63, 3.8) is 0 Å².